The second-order valence-electron chi connectivity index (χ2n) is 4.74. The number of imidazole rings is 1. The van der Waals surface area contributed by atoms with Crippen molar-refractivity contribution in [2.75, 3.05) is 0 Å². The Bertz CT molecular complexity index is 842. The standard InChI is InChI=1S/C17H13N3/c1-2-6-12(7-3-1)13-8-4-9-14-16(13)20-17(19-14)15-10-5-11-18-15/h1-11,18H,(H,19,20). The molecule has 2 aromatic carbocycles. The molecule has 4 aromatic rings. The Labute approximate surface area is 116 Å². The molecule has 0 saturated heterocycles. The van der Waals surface area contributed by atoms with Gasteiger partial charge in [0.1, 0.15) is 0 Å². The number of fused-ring (bicyclic) bond motifs is 1. The van der Waals surface area contributed by atoms with Gasteiger partial charge in [-0.05, 0) is 23.8 Å². The fourth-order valence-corrected chi connectivity index (χ4v) is 2.49. The van der Waals surface area contributed by atoms with Gasteiger partial charge in [-0.3, -0.25) is 0 Å². The van der Waals surface area contributed by atoms with E-state index in [1.54, 1.807) is 0 Å². The molecule has 96 valence electrons. The van der Waals surface area contributed by atoms with Gasteiger partial charge in [0.15, 0.2) is 5.82 Å². The fourth-order valence-electron chi connectivity index (χ4n) is 2.49. The zero-order chi connectivity index (χ0) is 13.4. The fraction of sp³-hybridized carbons (Fsp3) is 0. The highest BCUT2D eigenvalue weighted by Crippen LogP contribution is 2.28. The number of nitrogens with one attached hydrogen (secondary N) is 2. The molecule has 0 atom stereocenters. The van der Waals surface area contributed by atoms with Gasteiger partial charge < -0.3 is 9.97 Å². The summed E-state index contributed by atoms with van der Waals surface area (Å²) in [5.41, 5.74) is 5.39. The number of rotatable bonds is 2. The van der Waals surface area contributed by atoms with Gasteiger partial charge in [-0.2, -0.15) is 0 Å². The SMILES string of the molecule is c1ccc(-c2cccc3[nH]c(-c4ccc[nH]4)nc23)cc1. The number of hydrogen-bond donors (Lipinski definition) is 2. The second-order valence-corrected chi connectivity index (χ2v) is 4.74. The topological polar surface area (TPSA) is 44.5 Å². The van der Waals surface area contributed by atoms with Crippen LogP contribution < -0.4 is 0 Å². The second kappa shape index (κ2) is 4.38. The molecular formula is C17H13N3. The number of H-pyrrole nitrogens is 2. The Morgan fingerprint density at radius 3 is 2.50 bits per heavy atom. The minimum atomic E-state index is 0.869. The van der Waals surface area contributed by atoms with Crippen LogP contribution >= 0.6 is 0 Å². The van der Waals surface area contributed by atoms with Crippen molar-refractivity contribution < 1.29 is 0 Å². The van der Waals surface area contributed by atoms with Gasteiger partial charge >= 0.3 is 0 Å². The Morgan fingerprint density at radius 1 is 0.800 bits per heavy atom. The number of nitrogens with zero attached hydrogens (tertiary/aromatic N) is 1. The molecule has 2 N–H and O–H groups in total. The van der Waals surface area contributed by atoms with Crippen LogP contribution in [0.2, 0.25) is 0 Å². The van der Waals surface area contributed by atoms with E-state index in [4.69, 9.17) is 4.98 Å². The summed E-state index contributed by atoms with van der Waals surface area (Å²) in [5, 5.41) is 0. The Morgan fingerprint density at radius 2 is 1.70 bits per heavy atom. The predicted molar refractivity (Wildman–Crippen MR) is 81.3 cm³/mol. The molecule has 4 rings (SSSR count). The summed E-state index contributed by atoms with van der Waals surface area (Å²) < 4.78 is 0. The van der Waals surface area contributed by atoms with Gasteiger partial charge in [0.2, 0.25) is 0 Å². The van der Waals surface area contributed by atoms with Crippen LogP contribution in [0.25, 0.3) is 33.7 Å². The maximum absolute atomic E-state index is 4.74. The van der Waals surface area contributed by atoms with Crippen LogP contribution in [0, 0.1) is 0 Å². The molecule has 3 nitrogen and oxygen atoms in total. The molecule has 0 aliphatic heterocycles. The van der Waals surface area contributed by atoms with Crippen LogP contribution in [0.15, 0.2) is 66.9 Å². The first kappa shape index (κ1) is 11.1. The van der Waals surface area contributed by atoms with E-state index < -0.39 is 0 Å². The van der Waals surface area contributed by atoms with E-state index in [1.165, 1.54) is 5.56 Å². The molecule has 0 unspecified atom stereocenters. The first-order chi connectivity index (χ1) is 9.92. The zero-order valence-electron chi connectivity index (χ0n) is 10.8. The summed E-state index contributed by atoms with van der Waals surface area (Å²) in [6, 6.07) is 20.5. The zero-order valence-corrected chi connectivity index (χ0v) is 10.8. The van der Waals surface area contributed by atoms with E-state index in [0.717, 1.165) is 28.1 Å². The highest BCUT2D eigenvalue weighted by Gasteiger charge is 2.10. The molecule has 0 fully saturated rings. The first-order valence-electron chi connectivity index (χ1n) is 6.60. The summed E-state index contributed by atoms with van der Waals surface area (Å²) >= 11 is 0. The number of aromatic nitrogens is 3. The van der Waals surface area contributed by atoms with E-state index >= 15 is 0 Å². The summed E-state index contributed by atoms with van der Waals surface area (Å²) in [7, 11) is 0. The maximum atomic E-state index is 4.74. The lowest BCUT2D eigenvalue weighted by Gasteiger charge is -2.01. The summed E-state index contributed by atoms with van der Waals surface area (Å²) in [4.78, 5) is 11.3. The summed E-state index contributed by atoms with van der Waals surface area (Å²) in [5.74, 6) is 0.869. The molecule has 0 amide bonds. The van der Waals surface area contributed by atoms with Crippen molar-refractivity contribution in [3.8, 4) is 22.6 Å². The molecule has 0 bridgehead atoms. The van der Waals surface area contributed by atoms with E-state index in [2.05, 4.69) is 40.3 Å². The highest BCUT2D eigenvalue weighted by atomic mass is 14.9. The average molecular weight is 259 g/mol. The van der Waals surface area contributed by atoms with Crippen LogP contribution in [0.1, 0.15) is 0 Å². The van der Waals surface area contributed by atoms with Crippen LogP contribution in [0.4, 0.5) is 0 Å². The molecule has 20 heavy (non-hydrogen) atoms. The van der Waals surface area contributed by atoms with Gasteiger partial charge in [0.25, 0.3) is 0 Å². The largest absolute Gasteiger partial charge is 0.359 e. The third-order valence-corrected chi connectivity index (χ3v) is 3.45. The van der Waals surface area contributed by atoms with Gasteiger partial charge in [0.05, 0.1) is 16.7 Å². The molecule has 0 spiro atoms. The summed E-state index contributed by atoms with van der Waals surface area (Å²) in [6.45, 7) is 0. The van der Waals surface area contributed by atoms with Crippen molar-refractivity contribution in [3.05, 3.63) is 66.9 Å². The minimum absolute atomic E-state index is 0.869. The molecular weight excluding hydrogens is 246 g/mol. The van der Waals surface area contributed by atoms with E-state index in [9.17, 15) is 0 Å². The Balaban J connectivity index is 1.95. The van der Waals surface area contributed by atoms with E-state index in [1.807, 2.05) is 36.5 Å². The number of hydrogen-bond acceptors (Lipinski definition) is 1. The van der Waals surface area contributed by atoms with Gasteiger partial charge in [-0.25, -0.2) is 4.98 Å². The molecule has 2 aromatic heterocycles. The number of benzene rings is 2. The van der Waals surface area contributed by atoms with Crippen molar-refractivity contribution in [1.29, 1.82) is 0 Å². The van der Waals surface area contributed by atoms with Gasteiger partial charge in [-0.1, -0.05) is 42.5 Å². The predicted octanol–water partition coefficient (Wildman–Crippen LogP) is 4.23. The smallest absolute Gasteiger partial charge is 0.154 e. The average Bonchev–Trinajstić information content (AvgIpc) is 3.16. The third kappa shape index (κ3) is 1.72. The minimum Gasteiger partial charge on any atom is -0.359 e. The van der Waals surface area contributed by atoms with Crippen molar-refractivity contribution in [1.82, 2.24) is 15.0 Å². The van der Waals surface area contributed by atoms with E-state index in [-0.39, 0.29) is 0 Å². The Hall–Kier alpha value is -2.81. The van der Waals surface area contributed by atoms with Gasteiger partial charge in [-0.15, -0.1) is 0 Å². The molecule has 0 radical (unpaired) electrons. The van der Waals surface area contributed by atoms with Crippen molar-refractivity contribution in [2.45, 2.75) is 0 Å². The van der Waals surface area contributed by atoms with Crippen LogP contribution in [-0.4, -0.2) is 15.0 Å². The first-order valence-corrected chi connectivity index (χ1v) is 6.60. The van der Waals surface area contributed by atoms with Crippen LogP contribution in [0.3, 0.4) is 0 Å². The van der Waals surface area contributed by atoms with Crippen LogP contribution in [0.5, 0.6) is 0 Å². The monoisotopic (exact) mass is 259 g/mol. The van der Waals surface area contributed by atoms with E-state index in [0.29, 0.717) is 0 Å². The molecule has 0 saturated carbocycles. The lowest BCUT2D eigenvalue weighted by atomic mass is 10.0. The number of aromatic amines is 2. The van der Waals surface area contributed by atoms with Crippen molar-refractivity contribution in [3.63, 3.8) is 0 Å². The number of para-hydroxylation sites is 1. The summed E-state index contributed by atoms with van der Waals surface area (Å²) in [6.07, 6.45) is 1.90. The van der Waals surface area contributed by atoms with Crippen molar-refractivity contribution in [2.24, 2.45) is 0 Å². The quantitative estimate of drug-likeness (QED) is 0.556. The maximum Gasteiger partial charge on any atom is 0.154 e. The lowest BCUT2D eigenvalue weighted by Crippen LogP contribution is -1.80. The van der Waals surface area contributed by atoms with Crippen molar-refractivity contribution >= 4 is 11.0 Å². The Kier molecular flexibility index (Phi) is 2.42. The molecule has 3 heteroatoms. The molecule has 0 aliphatic rings. The highest BCUT2D eigenvalue weighted by molar-refractivity contribution is 5.93. The lowest BCUT2D eigenvalue weighted by molar-refractivity contribution is 1.27. The molecule has 2 heterocycles. The molecule has 0 aliphatic carbocycles. The van der Waals surface area contributed by atoms with Gasteiger partial charge in [0, 0.05) is 11.8 Å². The third-order valence-electron chi connectivity index (χ3n) is 3.45. The normalized spacial score (nSPS) is 11.0. The van der Waals surface area contributed by atoms with Crippen LogP contribution in [-0.2, 0) is 0 Å².